The van der Waals surface area contributed by atoms with Gasteiger partial charge in [-0.1, -0.05) is 13.8 Å². The van der Waals surface area contributed by atoms with Crippen molar-refractivity contribution in [2.75, 3.05) is 0 Å². The molecule has 6 nitrogen and oxygen atoms in total. The van der Waals surface area contributed by atoms with Gasteiger partial charge in [0.05, 0.1) is 12.2 Å². The lowest BCUT2D eigenvalue weighted by Gasteiger charge is -2.22. The number of nitrogens with zero attached hydrogens (tertiary/aromatic N) is 5. The zero-order chi connectivity index (χ0) is 14.8. The van der Waals surface area contributed by atoms with E-state index in [9.17, 15) is 4.79 Å². The number of rotatable bonds is 4. The maximum atomic E-state index is 12.7. The maximum absolute atomic E-state index is 12.7. The largest absolute Gasteiger partial charge is 0.330 e. The molecule has 1 atom stereocenters. The SMILES string of the molecule is CCc1ncc2c(n1)CN(C(=O)[C@@H](CC)n1cccn1)C2. The van der Waals surface area contributed by atoms with Crippen LogP contribution in [0.15, 0.2) is 24.7 Å². The van der Waals surface area contributed by atoms with E-state index >= 15 is 0 Å². The highest BCUT2D eigenvalue weighted by atomic mass is 16.2. The predicted molar refractivity (Wildman–Crippen MR) is 77.2 cm³/mol. The summed E-state index contributed by atoms with van der Waals surface area (Å²) in [5.74, 6) is 0.930. The lowest BCUT2D eigenvalue weighted by molar-refractivity contribution is -0.135. The van der Waals surface area contributed by atoms with Crippen molar-refractivity contribution in [3.8, 4) is 0 Å². The van der Waals surface area contributed by atoms with Crippen LogP contribution in [-0.4, -0.2) is 30.6 Å². The van der Waals surface area contributed by atoms with E-state index in [-0.39, 0.29) is 11.9 Å². The molecule has 2 aromatic heterocycles. The van der Waals surface area contributed by atoms with Crippen molar-refractivity contribution in [2.45, 2.75) is 45.8 Å². The van der Waals surface area contributed by atoms with Gasteiger partial charge >= 0.3 is 0 Å². The molecular formula is C15H19N5O. The molecule has 0 saturated heterocycles. The first kappa shape index (κ1) is 13.7. The minimum atomic E-state index is -0.243. The van der Waals surface area contributed by atoms with Crippen molar-refractivity contribution in [3.05, 3.63) is 41.7 Å². The maximum Gasteiger partial charge on any atom is 0.248 e. The lowest BCUT2D eigenvalue weighted by Crippen LogP contribution is -2.33. The van der Waals surface area contributed by atoms with E-state index in [4.69, 9.17) is 0 Å². The van der Waals surface area contributed by atoms with Gasteiger partial charge in [-0.2, -0.15) is 5.10 Å². The second-order valence-corrected chi connectivity index (χ2v) is 5.22. The summed E-state index contributed by atoms with van der Waals surface area (Å²) >= 11 is 0. The predicted octanol–water partition coefficient (Wildman–Crippen LogP) is 1.73. The molecule has 110 valence electrons. The Balaban J connectivity index is 1.78. The summed E-state index contributed by atoms with van der Waals surface area (Å²) in [5, 5.41) is 4.20. The number of hydrogen-bond donors (Lipinski definition) is 0. The Hall–Kier alpha value is -2.24. The Labute approximate surface area is 123 Å². The van der Waals surface area contributed by atoms with Gasteiger partial charge in [-0.25, -0.2) is 9.97 Å². The average molecular weight is 285 g/mol. The van der Waals surface area contributed by atoms with Crippen LogP contribution in [0.5, 0.6) is 0 Å². The molecule has 6 heteroatoms. The molecule has 0 aromatic carbocycles. The molecular weight excluding hydrogens is 266 g/mol. The summed E-state index contributed by atoms with van der Waals surface area (Å²) in [4.78, 5) is 23.4. The molecule has 0 bridgehead atoms. The molecule has 21 heavy (non-hydrogen) atoms. The summed E-state index contributed by atoms with van der Waals surface area (Å²) in [6, 6.07) is 1.60. The fourth-order valence-electron chi connectivity index (χ4n) is 2.67. The van der Waals surface area contributed by atoms with E-state index in [1.807, 2.05) is 37.2 Å². The van der Waals surface area contributed by atoms with E-state index in [2.05, 4.69) is 15.1 Å². The van der Waals surface area contributed by atoms with Crippen LogP contribution in [0.25, 0.3) is 0 Å². The topological polar surface area (TPSA) is 63.9 Å². The van der Waals surface area contributed by atoms with Gasteiger partial charge in [-0.05, 0) is 12.5 Å². The number of fused-ring (bicyclic) bond motifs is 1. The van der Waals surface area contributed by atoms with Crippen molar-refractivity contribution >= 4 is 5.91 Å². The third-order valence-corrected chi connectivity index (χ3v) is 3.85. The minimum Gasteiger partial charge on any atom is -0.330 e. The van der Waals surface area contributed by atoms with E-state index < -0.39 is 0 Å². The first-order chi connectivity index (χ1) is 10.2. The van der Waals surface area contributed by atoms with E-state index in [0.717, 1.165) is 29.9 Å². The highest BCUT2D eigenvalue weighted by molar-refractivity contribution is 5.80. The summed E-state index contributed by atoms with van der Waals surface area (Å²) in [7, 11) is 0. The Morgan fingerprint density at radius 1 is 1.38 bits per heavy atom. The Kier molecular flexibility index (Phi) is 3.68. The second kappa shape index (κ2) is 5.63. The molecule has 0 aliphatic carbocycles. The Morgan fingerprint density at radius 3 is 2.90 bits per heavy atom. The van der Waals surface area contributed by atoms with Crippen LogP contribution >= 0.6 is 0 Å². The van der Waals surface area contributed by atoms with Crippen molar-refractivity contribution in [1.29, 1.82) is 0 Å². The minimum absolute atomic E-state index is 0.0947. The molecule has 1 aliphatic rings. The molecule has 0 saturated carbocycles. The summed E-state index contributed by atoms with van der Waals surface area (Å²) in [5.41, 5.74) is 2.03. The molecule has 2 aromatic rings. The molecule has 1 aliphatic heterocycles. The van der Waals surface area contributed by atoms with E-state index in [0.29, 0.717) is 13.1 Å². The molecule has 3 rings (SSSR count). The number of carbonyl (C=O) groups excluding carboxylic acids is 1. The summed E-state index contributed by atoms with van der Waals surface area (Å²) in [6.45, 7) is 5.20. The first-order valence-corrected chi connectivity index (χ1v) is 7.34. The van der Waals surface area contributed by atoms with Gasteiger partial charge in [0.2, 0.25) is 5.91 Å². The monoisotopic (exact) mass is 285 g/mol. The smallest absolute Gasteiger partial charge is 0.248 e. The molecule has 1 amide bonds. The summed E-state index contributed by atoms with van der Waals surface area (Å²) in [6.07, 6.45) is 6.92. The lowest BCUT2D eigenvalue weighted by atomic mass is 10.2. The van der Waals surface area contributed by atoms with Gasteiger partial charge in [0.15, 0.2) is 0 Å². The molecule has 0 spiro atoms. The first-order valence-electron chi connectivity index (χ1n) is 7.34. The number of aromatic nitrogens is 4. The van der Waals surface area contributed by atoms with Gasteiger partial charge in [-0.3, -0.25) is 9.48 Å². The van der Waals surface area contributed by atoms with Crippen LogP contribution in [0.2, 0.25) is 0 Å². The molecule has 0 N–H and O–H groups in total. The van der Waals surface area contributed by atoms with Crippen molar-refractivity contribution < 1.29 is 4.79 Å². The van der Waals surface area contributed by atoms with Crippen molar-refractivity contribution in [1.82, 2.24) is 24.6 Å². The fraction of sp³-hybridized carbons (Fsp3) is 0.467. The van der Waals surface area contributed by atoms with Crippen molar-refractivity contribution in [2.24, 2.45) is 0 Å². The van der Waals surface area contributed by atoms with Crippen LogP contribution in [0.3, 0.4) is 0 Å². The van der Waals surface area contributed by atoms with Gasteiger partial charge in [0, 0.05) is 37.1 Å². The third-order valence-electron chi connectivity index (χ3n) is 3.85. The zero-order valence-corrected chi connectivity index (χ0v) is 12.4. The van der Waals surface area contributed by atoms with Gasteiger partial charge in [0.1, 0.15) is 11.9 Å². The van der Waals surface area contributed by atoms with Crippen LogP contribution in [-0.2, 0) is 24.3 Å². The summed E-state index contributed by atoms with van der Waals surface area (Å²) < 4.78 is 1.73. The van der Waals surface area contributed by atoms with Gasteiger partial charge < -0.3 is 4.90 Å². The number of hydrogen-bond acceptors (Lipinski definition) is 4. The van der Waals surface area contributed by atoms with Crippen LogP contribution in [0.1, 0.15) is 43.4 Å². The average Bonchev–Trinajstić information content (AvgIpc) is 3.16. The second-order valence-electron chi connectivity index (χ2n) is 5.22. The molecule has 0 unspecified atom stereocenters. The zero-order valence-electron chi connectivity index (χ0n) is 12.4. The van der Waals surface area contributed by atoms with Crippen molar-refractivity contribution in [3.63, 3.8) is 0 Å². The van der Waals surface area contributed by atoms with Gasteiger partial charge in [0.25, 0.3) is 0 Å². The number of aryl methyl sites for hydroxylation is 1. The van der Waals surface area contributed by atoms with Crippen LogP contribution in [0, 0.1) is 0 Å². The third kappa shape index (κ3) is 2.53. The normalized spacial score (nSPS) is 15.0. The van der Waals surface area contributed by atoms with E-state index in [1.165, 1.54) is 0 Å². The highest BCUT2D eigenvalue weighted by Crippen LogP contribution is 2.24. The quantitative estimate of drug-likeness (QED) is 0.858. The highest BCUT2D eigenvalue weighted by Gasteiger charge is 2.30. The van der Waals surface area contributed by atoms with Crippen LogP contribution in [0.4, 0.5) is 0 Å². The molecule has 0 radical (unpaired) electrons. The Morgan fingerprint density at radius 2 is 2.24 bits per heavy atom. The molecule has 0 fully saturated rings. The van der Waals surface area contributed by atoms with Gasteiger partial charge in [-0.15, -0.1) is 0 Å². The van der Waals surface area contributed by atoms with E-state index in [1.54, 1.807) is 10.9 Å². The standard InChI is InChI=1S/C15H19N5O/c1-3-13(20-7-5-6-17-20)15(21)19-9-11-8-16-14(4-2)18-12(11)10-19/h5-8,13H,3-4,9-10H2,1-2H3/t13-/m1/s1. The number of amides is 1. The fourth-order valence-corrected chi connectivity index (χ4v) is 2.67. The van der Waals surface area contributed by atoms with Crippen LogP contribution < -0.4 is 0 Å². The Bertz CT molecular complexity index is 638. The molecule has 3 heterocycles. The number of carbonyl (C=O) groups is 1.